The van der Waals surface area contributed by atoms with Gasteiger partial charge < -0.3 is 9.72 Å². The number of ether oxygens (including phenoxy) is 1. The van der Waals surface area contributed by atoms with Crippen LogP contribution < -0.4 is 4.74 Å². The van der Waals surface area contributed by atoms with Crippen LogP contribution in [0.2, 0.25) is 0 Å². The molecule has 0 saturated heterocycles. The van der Waals surface area contributed by atoms with E-state index in [0.717, 1.165) is 22.3 Å². The molecule has 0 unspecified atom stereocenters. The minimum atomic E-state index is 0.435. The first-order valence-electron chi connectivity index (χ1n) is 5.89. The third-order valence-corrected chi connectivity index (χ3v) is 2.83. The van der Waals surface area contributed by atoms with Crippen molar-refractivity contribution in [3.8, 4) is 17.7 Å². The van der Waals surface area contributed by atoms with Crippen LogP contribution in [0, 0.1) is 18.3 Å². The summed E-state index contributed by atoms with van der Waals surface area (Å²) < 4.78 is 5.79. The number of aromatic nitrogens is 2. The minimum Gasteiger partial charge on any atom is -0.438 e. The summed E-state index contributed by atoms with van der Waals surface area (Å²) in [5.41, 5.74) is 2.31. The fourth-order valence-electron chi connectivity index (χ4n) is 2.01. The molecule has 0 aliphatic carbocycles. The lowest BCUT2D eigenvalue weighted by Gasteiger charge is -2.07. The van der Waals surface area contributed by atoms with Gasteiger partial charge in [-0.15, -0.1) is 0 Å². The molecule has 0 spiro atoms. The molecule has 0 atom stereocenters. The molecule has 92 valence electrons. The van der Waals surface area contributed by atoms with Gasteiger partial charge in [0.15, 0.2) is 0 Å². The molecular weight excluding hydrogens is 238 g/mol. The maximum Gasteiger partial charge on any atom is 0.220 e. The number of nitrogens with zero attached hydrogens (tertiary/aromatic N) is 2. The van der Waals surface area contributed by atoms with Crippen LogP contribution in [-0.4, -0.2) is 9.97 Å². The van der Waals surface area contributed by atoms with Crippen LogP contribution >= 0.6 is 0 Å². The molecule has 4 heteroatoms. The van der Waals surface area contributed by atoms with Gasteiger partial charge in [-0.3, -0.25) is 0 Å². The van der Waals surface area contributed by atoms with E-state index in [1.54, 1.807) is 12.1 Å². The van der Waals surface area contributed by atoms with Gasteiger partial charge in [0.25, 0.3) is 0 Å². The van der Waals surface area contributed by atoms with Crippen molar-refractivity contribution in [2.45, 2.75) is 6.92 Å². The number of nitriles is 1. The summed E-state index contributed by atoms with van der Waals surface area (Å²) in [7, 11) is 0. The Morgan fingerprint density at radius 1 is 1.26 bits per heavy atom. The Morgan fingerprint density at radius 2 is 2.16 bits per heavy atom. The first-order valence-corrected chi connectivity index (χ1v) is 5.89. The summed E-state index contributed by atoms with van der Waals surface area (Å²) in [6.07, 6.45) is 1.86. The molecule has 0 aliphatic rings. The lowest BCUT2D eigenvalue weighted by Crippen LogP contribution is -1.92. The van der Waals surface area contributed by atoms with E-state index in [0.29, 0.717) is 11.4 Å². The largest absolute Gasteiger partial charge is 0.438 e. The number of hydrogen-bond donors (Lipinski definition) is 1. The number of rotatable bonds is 2. The number of aromatic amines is 1. The summed E-state index contributed by atoms with van der Waals surface area (Å²) >= 11 is 0. The molecule has 3 rings (SSSR count). The number of aryl methyl sites for hydroxylation is 1. The molecule has 4 nitrogen and oxygen atoms in total. The van der Waals surface area contributed by atoms with Gasteiger partial charge in [-0.1, -0.05) is 6.07 Å². The topological polar surface area (TPSA) is 61.7 Å². The van der Waals surface area contributed by atoms with E-state index < -0.39 is 0 Å². The van der Waals surface area contributed by atoms with Crippen LogP contribution in [0.1, 0.15) is 11.3 Å². The summed E-state index contributed by atoms with van der Waals surface area (Å²) in [6, 6.07) is 13.2. The predicted molar refractivity (Wildman–Crippen MR) is 72.1 cm³/mol. The Kier molecular flexibility index (Phi) is 2.66. The fourth-order valence-corrected chi connectivity index (χ4v) is 2.01. The van der Waals surface area contributed by atoms with Crippen molar-refractivity contribution in [3.05, 3.63) is 53.9 Å². The highest BCUT2D eigenvalue weighted by molar-refractivity contribution is 5.85. The molecule has 2 heterocycles. The Balaban J connectivity index is 2.04. The summed E-state index contributed by atoms with van der Waals surface area (Å²) in [5, 5.41) is 9.94. The first-order chi connectivity index (χ1) is 9.26. The van der Waals surface area contributed by atoms with E-state index in [1.807, 2.05) is 37.4 Å². The molecule has 1 N–H and O–H groups in total. The summed E-state index contributed by atoms with van der Waals surface area (Å²) in [4.78, 5) is 7.41. The monoisotopic (exact) mass is 249 g/mol. The second kappa shape index (κ2) is 4.46. The van der Waals surface area contributed by atoms with E-state index in [1.165, 1.54) is 0 Å². The van der Waals surface area contributed by atoms with E-state index in [-0.39, 0.29) is 0 Å². The van der Waals surface area contributed by atoms with Crippen LogP contribution in [0.3, 0.4) is 0 Å². The van der Waals surface area contributed by atoms with Gasteiger partial charge >= 0.3 is 0 Å². The molecule has 19 heavy (non-hydrogen) atoms. The van der Waals surface area contributed by atoms with Gasteiger partial charge in [-0.05, 0) is 31.2 Å². The average Bonchev–Trinajstić information content (AvgIpc) is 2.87. The standard InChI is InChI=1S/C15H11N3O/c1-10-7-11(9-16)8-15(18-10)19-14-4-2-3-13-12(14)5-6-17-13/h2-8,17H,1H3. The zero-order chi connectivity index (χ0) is 13.2. The third-order valence-electron chi connectivity index (χ3n) is 2.83. The first kappa shape index (κ1) is 11.3. The van der Waals surface area contributed by atoms with Crippen molar-refractivity contribution in [1.82, 2.24) is 9.97 Å². The van der Waals surface area contributed by atoms with Gasteiger partial charge in [-0.25, -0.2) is 4.98 Å². The highest BCUT2D eigenvalue weighted by Gasteiger charge is 2.06. The second-order valence-corrected chi connectivity index (χ2v) is 4.24. The molecule has 0 bridgehead atoms. The molecule has 2 aromatic heterocycles. The maximum absolute atomic E-state index is 8.95. The predicted octanol–water partition coefficient (Wildman–Crippen LogP) is 3.54. The zero-order valence-electron chi connectivity index (χ0n) is 10.3. The molecule has 1 aromatic carbocycles. The van der Waals surface area contributed by atoms with Gasteiger partial charge in [0.2, 0.25) is 5.88 Å². The molecule has 0 amide bonds. The highest BCUT2D eigenvalue weighted by atomic mass is 16.5. The van der Waals surface area contributed by atoms with Gasteiger partial charge in [-0.2, -0.15) is 5.26 Å². The van der Waals surface area contributed by atoms with Crippen molar-refractivity contribution >= 4 is 10.9 Å². The van der Waals surface area contributed by atoms with Crippen LogP contribution in [0.4, 0.5) is 0 Å². The molecular formula is C15H11N3O. The Hall–Kier alpha value is -2.80. The molecule has 0 fully saturated rings. The van der Waals surface area contributed by atoms with Crippen molar-refractivity contribution < 1.29 is 4.74 Å². The Labute approximate surface area is 110 Å². The van der Waals surface area contributed by atoms with Crippen molar-refractivity contribution in [1.29, 1.82) is 5.26 Å². The lowest BCUT2D eigenvalue weighted by atomic mass is 10.2. The van der Waals surface area contributed by atoms with Crippen molar-refractivity contribution in [2.75, 3.05) is 0 Å². The van der Waals surface area contributed by atoms with E-state index >= 15 is 0 Å². The minimum absolute atomic E-state index is 0.435. The molecule has 0 radical (unpaired) electrons. The number of benzene rings is 1. The van der Waals surface area contributed by atoms with Crippen LogP contribution in [0.5, 0.6) is 11.6 Å². The Morgan fingerprint density at radius 3 is 3.00 bits per heavy atom. The number of hydrogen-bond acceptors (Lipinski definition) is 3. The Bertz CT molecular complexity index is 783. The third kappa shape index (κ3) is 2.14. The highest BCUT2D eigenvalue weighted by Crippen LogP contribution is 2.28. The summed E-state index contributed by atoms with van der Waals surface area (Å²) in [5.74, 6) is 1.16. The quantitative estimate of drug-likeness (QED) is 0.755. The van der Waals surface area contributed by atoms with E-state index in [4.69, 9.17) is 10.00 Å². The van der Waals surface area contributed by atoms with Gasteiger partial charge in [0.1, 0.15) is 5.75 Å². The second-order valence-electron chi connectivity index (χ2n) is 4.24. The summed E-state index contributed by atoms with van der Waals surface area (Å²) in [6.45, 7) is 1.84. The normalized spacial score (nSPS) is 10.3. The number of pyridine rings is 1. The van der Waals surface area contributed by atoms with E-state index in [2.05, 4.69) is 16.0 Å². The molecule has 0 aliphatic heterocycles. The SMILES string of the molecule is Cc1cc(C#N)cc(Oc2cccc3[nH]ccc23)n1. The lowest BCUT2D eigenvalue weighted by molar-refractivity contribution is 0.467. The molecule has 0 saturated carbocycles. The fraction of sp³-hybridized carbons (Fsp3) is 0.0667. The number of H-pyrrole nitrogens is 1. The van der Waals surface area contributed by atoms with Gasteiger partial charge in [0, 0.05) is 28.9 Å². The van der Waals surface area contributed by atoms with Crippen LogP contribution in [0.25, 0.3) is 10.9 Å². The zero-order valence-corrected chi connectivity index (χ0v) is 10.3. The van der Waals surface area contributed by atoms with Crippen LogP contribution in [-0.2, 0) is 0 Å². The van der Waals surface area contributed by atoms with Crippen molar-refractivity contribution in [3.63, 3.8) is 0 Å². The number of fused-ring (bicyclic) bond motifs is 1. The number of nitrogens with one attached hydrogen (secondary N) is 1. The molecule has 3 aromatic rings. The van der Waals surface area contributed by atoms with E-state index in [9.17, 15) is 0 Å². The van der Waals surface area contributed by atoms with Crippen LogP contribution in [0.15, 0.2) is 42.6 Å². The average molecular weight is 249 g/mol. The smallest absolute Gasteiger partial charge is 0.220 e. The maximum atomic E-state index is 8.95. The van der Waals surface area contributed by atoms with Crippen molar-refractivity contribution in [2.24, 2.45) is 0 Å². The van der Waals surface area contributed by atoms with Gasteiger partial charge in [0.05, 0.1) is 11.6 Å².